The Bertz CT molecular complexity index is 254. The molecule has 0 bridgehead atoms. The molecule has 2 aliphatic rings. The third kappa shape index (κ3) is 1.25. The summed E-state index contributed by atoms with van der Waals surface area (Å²) in [5.74, 6) is 0.140. The van der Waals surface area contributed by atoms with Crippen LogP contribution >= 0.6 is 0 Å². The van der Waals surface area contributed by atoms with E-state index < -0.39 is 0 Å². The predicted molar refractivity (Wildman–Crippen MR) is 41.3 cm³/mol. The number of carbonyl (C=O) groups excluding carboxylic acids is 2. The predicted octanol–water partition coefficient (Wildman–Crippen LogP) is 0.0855. The Balaban J connectivity index is 2.01. The number of carbonyl (C=O) groups is 1. The highest BCUT2D eigenvalue weighted by Gasteiger charge is 2.39. The molecule has 1 aliphatic heterocycles. The maximum atomic E-state index is 11.3. The van der Waals surface area contributed by atoms with Crippen LogP contribution in [0, 0.1) is 0 Å². The van der Waals surface area contributed by atoms with Crippen LogP contribution in [-0.2, 0) is 9.59 Å². The largest absolute Gasteiger partial charge is 0.337 e. The molecule has 1 atom stereocenters. The fourth-order valence-electron chi connectivity index (χ4n) is 1.61. The second-order valence-electron chi connectivity index (χ2n) is 3.36. The molecule has 1 amide bonds. The summed E-state index contributed by atoms with van der Waals surface area (Å²) in [7, 11) is 0. The van der Waals surface area contributed by atoms with E-state index in [1.165, 1.54) is 6.08 Å². The SMILES string of the molecule is O=C=NC1CC(=O)N(C2CC2)C1. The molecule has 1 saturated heterocycles. The van der Waals surface area contributed by atoms with E-state index in [1.807, 2.05) is 4.90 Å². The van der Waals surface area contributed by atoms with Gasteiger partial charge in [-0.15, -0.1) is 0 Å². The Morgan fingerprint density at radius 3 is 2.83 bits per heavy atom. The van der Waals surface area contributed by atoms with Crippen molar-refractivity contribution in [1.82, 2.24) is 4.90 Å². The van der Waals surface area contributed by atoms with Gasteiger partial charge in [0.1, 0.15) is 0 Å². The number of hydrogen-bond acceptors (Lipinski definition) is 3. The Morgan fingerprint density at radius 2 is 2.25 bits per heavy atom. The van der Waals surface area contributed by atoms with Crippen molar-refractivity contribution in [3.63, 3.8) is 0 Å². The van der Waals surface area contributed by atoms with E-state index in [4.69, 9.17) is 0 Å². The molecule has 2 rings (SSSR count). The van der Waals surface area contributed by atoms with E-state index in [0.29, 0.717) is 19.0 Å². The number of amides is 1. The van der Waals surface area contributed by atoms with Crippen LogP contribution in [0.3, 0.4) is 0 Å². The van der Waals surface area contributed by atoms with Gasteiger partial charge in [-0.3, -0.25) is 4.79 Å². The zero-order chi connectivity index (χ0) is 8.55. The van der Waals surface area contributed by atoms with Gasteiger partial charge in [-0.2, -0.15) is 0 Å². The minimum Gasteiger partial charge on any atom is -0.337 e. The molecular formula is C8H10N2O2. The summed E-state index contributed by atoms with van der Waals surface area (Å²) in [5, 5.41) is 0. The molecule has 2 fully saturated rings. The number of isocyanates is 1. The fraction of sp³-hybridized carbons (Fsp3) is 0.750. The van der Waals surface area contributed by atoms with Gasteiger partial charge in [0.25, 0.3) is 0 Å². The smallest absolute Gasteiger partial charge is 0.235 e. The minimum absolute atomic E-state index is 0.129. The first kappa shape index (κ1) is 7.50. The molecule has 12 heavy (non-hydrogen) atoms. The van der Waals surface area contributed by atoms with E-state index in [1.54, 1.807) is 0 Å². The summed E-state index contributed by atoms with van der Waals surface area (Å²) >= 11 is 0. The lowest BCUT2D eigenvalue weighted by atomic mass is 10.3. The average molecular weight is 166 g/mol. The molecule has 0 aromatic heterocycles. The summed E-state index contributed by atoms with van der Waals surface area (Å²) in [4.78, 5) is 26.6. The number of nitrogens with zero attached hydrogens (tertiary/aromatic N) is 2. The molecule has 4 heteroatoms. The fourth-order valence-corrected chi connectivity index (χ4v) is 1.61. The highest BCUT2D eigenvalue weighted by atomic mass is 16.2. The zero-order valence-corrected chi connectivity index (χ0v) is 6.69. The minimum atomic E-state index is -0.129. The van der Waals surface area contributed by atoms with Crippen LogP contribution in [-0.4, -0.2) is 35.5 Å². The van der Waals surface area contributed by atoms with Gasteiger partial charge in [-0.1, -0.05) is 0 Å². The van der Waals surface area contributed by atoms with E-state index in [-0.39, 0.29) is 11.9 Å². The van der Waals surface area contributed by atoms with Crippen LogP contribution in [0.5, 0.6) is 0 Å². The molecule has 0 aromatic carbocycles. The molecule has 0 radical (unpaired) electrons. The van der Waals surface area contributed by atoms with Gasteiger partial charge in [-0.25, -0.2) is 9.79 Å². The summed E-state index contributed by atoms with van der Waals surface area (Å²) in [5.41, 5.74) is 0. The second kappa shape index (κ2) is 2.72. The van der Waals surface area contributed by atoms with Gasteiger partial charge in [0.05, 0.1) is 12.5 Å². The number of aliphatic imine (C=N–C) groups is 1. The monoisotopic (exact) mass is 166 g/mol. The van der Waals surface area contributed by atoms with Gasteiger partial charge in [-0.05, 0) is 12.8 Å². The van der Waals surface area contributed by atoms with Crippen molar-refractivity contribution in [3.8, 4) is 0 Å². The lowest BCUT2D eigenvalue weighted by molar-refractivity contribution is -0.128. The van der Waals surface area contributed by atoms with E-state index in [9.17, 15) is 9.59 Å². The summed E-state index contributed by atoms with van der Waals surface area (Å²) in [6.45, 7) is 0.624. The van der Waals surface area contributed by atoms with Crippen molar-refractivity contribution >= 4 is 12.0 Å². The Hall–Kier alpha value is -1.15. The Kier molecular flexibility index (Phi) is 1.70. The van der Waals surface area contributed by atoms with Gasteiger partial charge >= 0.3 is 0 Å². The van der Waals surface area contributed by atoms with E-state index >= 15 is 0 Å². The second-order valence-corrected chi connectivity index (χ2v) is 3.36. The molecule has 0 aromatic rings. The van der Waals surface area contributed by atoms with Gasteiger partial charge in [0.15, 0.2) is 0 Å². The molecule has 1 aliphatic carbocycles. The van der Waals surface area contributed by atoms with Crippen LogP contribution in [0.1, 0.15) is 19.3 Å². The van der Waals surface area contributed by atoms with E-state index in [2.05, 4.69) is 4.99 Å². The van der Waals surface area contributed by atoms with Crippen LogP contribution in [0.25, 0.3) is 0 Å². The first-order valence-corrected chi connectivity index (χ1v) is 4.17. The highest BCUT2D eigenvalue weighted by Crippen LogP contribution is 2.31. The summed E-state index contributed by atoms with van der Waals surface area (Å²) in [6, 6.07) is 0.319. The quantitative estimate of drug-likeness (QED) is 0.431. The van der Waals surface area contributed by atoms with Crippen molar-refractivity contribution in [3.05, 3.63) is 0 Å². The third-order valence-corrected chi connectivity index (χ3v) is 2.36. The van der Waals surface area contributed by atoms with Gasteiger partial charge in [0.2, 0.25) is 12.0 Å². The Morgan fingerprint density at radius 1 is 1.50 bits per heavy atom. The van der Waals surface area contributed by atoms with Crippen molar-refractivity contribution in [2.45, 2.75) is 31.3 Å². The average Bonchev–Trinajstić information content (AvgIpc) is 2.79. The lowest BCUT2D eigenvalue weighted by Gasteiger charge is -2.13. The first-order chi connectivity index (χ1) is 5.81. The molecule has 64 valence electrons. The molecule has 1 unspecified atom stereocenters. The molecule has 0 N–H and O–H groups in total. The van der Waals surface area contributed by atoms with Crippen LogP contribution in [0.4, 0.5) is 0 Å². The molecule has 1 heterocycles. The Labute approximate surface area is 70.3 Å². The maximum Gasteiger partial charge on any atom is 0.235 e. The van der Waals surface area contributed by atoms with Crippen LogP contribution in [0.15, 0.2) is 4.99 Å². The molecular weight excluding hydrogens is 156 g/mol. The number of rotatable bonds is 2. The molecule has 1 saturated carbocycles. The standard InChI is InChI=1S/C8H10N2O2/c11-5-9-6-3-8(12)10(4-6)7-1-2-7/h6-7H,1-4H2. The normalized spacial score (nSPS) is 28.8. The van der Waals surface area contributed by atoms with Crippen molar-refractivity contribution in [1.29, 1.82) is 0 Å². The van der Waals surface area contributed by atoms with Crippen molar-refractivity contribution in [2.24, 2.45) is 4.99 Å². The van der Waals surface area contributed by atoms with Crippen molar-refractivity contribution in [2.75, 3.05) is 6.54 Å². The summed E-state index contributed by atoms with van der Waals surface area (Å²) in [6.07, 6.45) is 4.13. The number of hydrogen-bond donors (Lipinski definition) is 0. The van der Waals surface area contributed by atoms with E-state index in [0.717, 1.165) is 12.8 Å². The van der Waals surface area contributed by atoms with Crippen LogP contribution < -0.4 is 0 Å². The highest BCUT2D eigenvalue weighted by molar-refractivity contribution is 5.80. The lowest BCUT2D eigenvalue weighted by Crippen LogP contribution is -2.27. The third-order valence-electron chi connectivity index (χ3n) is 2.36. The molecule has 4 nitrogen and oxygen atoms in total. The summed E-state index contributed by atoms with van der Waals surface area (Å²) < 4.78 is 0. The van der Waals surface area contributed by atoms with Gasteiger partial charge in [0, 0.05) is 12.6 Å². The maximum absolute atomic E-state index is 11.3. The van der Waals surface area contributed by atoms with Crippen LogP contribution in [0.2, 0.25) is 0 Å². The van der Waals surface area contributed by atoms with Crippen molar-refractivity contribution < 1.29 is 9.59 Å². The zero-order valence-electron chi connectivity index (χ0n) is 6.69. The van der Waals surface area contributed by atoms with Gasteiger partial charge < -0.3 is 4.90 Å². The topological polar surface area (TPSA) is 49.7 Å². The first-order valence-electron chi connectivity index (χ1n) is 4.17. The number of likely N-dealkylation sites (tertiary alicyclic amines) is 1. The molecule has 0 spiro atoms.